The van der Waals surface area contributed by atoms with Gasteiger partial charge in [0.15, 0.2) is 0 Å². The molecule has 0 fully saturated rings. The minimum atomic E-state index is -3.94. The lowest BCUT2D eigenvalue weighted by molar-refractivity contribution is -0.115. The molecule has 166 valence electrons. The van der Waals surface area contributed by atoms with Crippen molar-refractivity contribution in [1.82, 2.24) is 9.13 Å². The van der Waals surface area contributed by atoms with E-state index in [4.69, 9.17) is 0 Å². The van der Waals surface area contributed by atoms with Gasteiger partial charge in [-0.05, 0) is 49.6 Å². The van der Waals surface area contributed by atoms with E-state index in [1.165, 1.54) is 29.5 Å². The van der Waals surface area contributed by atoms with Crippen molar-refractivity contribution >= 4 is 43.8 Å². The Kier molecular flexibility index (Phi) is 6.03. The quantitative estimate of drug-likeness (QED) is 0.444. The zero-order valence-corrected chi connectivity index (χ0v) is 19.4. The predicted molar refractivity (Wildman–Crippen MR) is 126 cm³/mol. The number of hydrogen-bond acceptors (Lipinski definition) is 5. The second kappa shape index (κ2) is 8.76. The summed E-state index contributed by atoms with van der Waals surface area (Å²) in [5.41, 5.74) is 1.05. The molecule has 2 aromatic carbocycles. The Morgan fingerprint density at radius 1 is 0.969 bits per heavy atom. The molecule has 0 aliphatic carbocycles. The number of aryl methyl sites for hydroxylation is 2. The molecule has 1 N–H and O–H groups in total. The average Bonchev–Trinajstić information content (AvgIpc) is 3.38. The summed E-state index contributed by atoms with van der Waals surface area (Å²) in [6.07, 6.45) is 0.136. The van der Waals surface area contributed by atoms with Crippen LogP contribution in [0.3, 0.4) is 0 Å². The van der Waals surface area contributed by atoms with Gasteiger partial charge in [0.25, 0.3) is 0 Å². The summed E-state index contributed by atoms with van der Waals surface area (Å²) in [5.74, 6) is -0.323. The molecule has 0 radical (unpaired) electrons. The van der Waals surface area contributed by atoms with Gasteiger partial charge in [0.2, 0.25) is 15.7 Å². The third-order valence-electron chi connectivity index (χ3n) is 5.28. The van der Waals surface area contributed by atoms with E-state index in [1.807, 2.05) is 31.4 Å². The zero-order valence-electron chi connectivity index (χ0n) is 17.7. The summed E-state index contributed by atoms with van der Waals surface area (Å²) in [7, 11) is -3.94. The van der Waals surface area contributed by atoms with Crippen LogP contribution in [-0.2, 0) is 34.1 Å². The smallest absolute Gasteiger partial charge is 0.325 e. The van der Waals surface area contributed by atoms with Crippen molar-refractivity contribution in [3.63, 3.8) is 0 Å². The summed E-state index contributed by atoms with van der Waals surface area (Å²) >= 11 is 1.46. The highest BCUT2D eigenvalue weighted by atomic mass is 32.2. The first-order valence-electron chi connectivity index (χ1n) is 10.3. The number of amides is 1. The fourth-order valence-corrected chi connectivity index (χ4v) is 5.90. The Hall–Kier alpha value is -3.17. The topological polar surface area (TPSA) is 90.2 Å². The molecule has 0 aliphatic rings. The van der Waals surface area contributed by atoms with E-state index in [0.29, 0.717) is 24.1 Å². The van der Waals surface area contributed by atoms with E-state index < -0.39 is 9.84 Å². The Labute approximate surface area is 189 Å². The first kappa shape index (κ1) is 22.0. The third-order valence-corrected chi connectivity index (χ3v) is 7.97. The van der Waals surface area contributed by atoms with Crippen LogP contribution < -0.4 is 11.0 Å². The highest BCUT2D eigenvalue weighted by molar-refractivity contribution is 7.91. The Morgan fingerprint density at radius 3 is 2.22 bits per heavy atom. The first-order valence-corrected chi connectivity index (χ1v) is 12.6. The molecule has 2 heterocycles. The Balaban J connectivity index is 1.92. The monoisotopic (exact) mass is 469 g/mol. The maximum Gasteiger partial charge on any atom is 0.329 e. The standard InChI is InChI=1S/C23H23N3O4S2/c1-3-25-19-14-18(24-22(27)13-16-9-8-12-31-16)21(15-20(19)26(4-2)23(25)28)32(29,30)17-10-6-5-7-11-17/h5-12,14-15H,3-4,13H2,1-2H3,(H,24,27). The van der Waals surface area contributed by atoms with E-state index in [2.05, 4.69) is 5.32 Å². The molecule has 0 unspecified atom stereocenters. The molecule has 4 rings (SSSR count). The Bertz CT molecular complexity index is 1430. The molecule has 4 aromatic rings. The third kappa shape index (κ3) is 3.89. The van der Waals surface area contributed by atoms with E-state index in [0.717, 1.165) is 4.88 Å². The van der Waals surface area contributed by atoms with Crippen LogP contribution in [0.25, 0.3) is 11.0 Å². The maximum absolute atomic E-state index is 13.5. The summed E-state index contributed by atoms with van der Waals surface area (Å²) in [4.78, 5) is 26.5. The molecule has 0 spiro atoms. The molecule has 7 nitrogen and oxygen atoms in total. The SMILES string of the molecule is CCn1c(=O)n(CC)c2cc(S(=O)(=O)c3ccccc3)c(NC(=O)Cc3cccs3)cc21. The number of rotatable bonds is 7. The van der Waals surface area contributed by atoms with Gasteiger partial charge in [-0.25, -0.2) is 13.2 Å². The molecule has 0 saturated carbocycles. The van der Waals surface area contributed by atoms with Crippen LogP contribution in [0.4, 0.5) is 5.69 Å². The molecule has 0 aliphatic heterocycles. The number of hydrogen-bond donors (Lipinski definition) is 1. The largest absolute Gasteiger partial charge is 0.329 e. The summed E-state index contributed by atoms with van der Waals surface area (Å²) < 4.78 is 30.1. The summed E-state index contributed by atoms with van der Waals surface area (Å²) in [5, 5.41) is 4.66. The zero-order chi connectivity index (χ0) is 22.9. The number of imidazole rings is 1. The van der Waals surface area contributed by atoms with Gasteiger partial charge in [0.05, 0.1) is 32.9 Å². The van der Waals surface area contributed by atoms with Crippen molar-refractivity contribution in [2.75, 3.05) is 5.32 Å². The van der Waals surface area contributed by atoms with Crippen LogP contribution in [0.2, 0.25) is 0 Å². The van der Waals surface area contributed by atoms with Crippen molar-refractivity contribution in [1.29, 1.82) is 0 Å². The molecule has 2 aromatic heterocycles. The van der Waals surface area contributed by atoms with E-state index in [-0.39, 0.29) is 33.5 Å². The number of carbonyl (C=O) groups excluding carboxylic acids is 1. The van der Waals surface area contributed by atoms with Gasteiger partial charge in [-0.2, -0.15) is 0 Å². The van der Waals surface area contributed by atoms with E-state index >= 15 is 0 Å². The lowest BCUT2D eigenvalue weighted by Gasteiger charge is -2.13. The molecule has 0 saturated heterocycles. The van der Waals surface area contributed by atoms with E-state index in [9.17, 15) is 18.0 Å². The summed E-state index contributed by atoms with van der Waals surface area (Å²) in [6.45, 7) is 4.51. The second-order valence-corrected chi connectivity index (χ2v) is 10.2. The van der Waals surface area contributed by atoms with E-state index in [1.54, 1.807) is 33.4 Å². The molecular weight excluding hydrogens is 446 g/mol. The highest BCUT2D eigenvalue weighted by Gasteiger charge is 2.25. The van der Waals surface area contributed by atoms with Crippen molar-refractivity contribution in [3.8, 4) is 0 Å². The van der Waals surface area contributed by atoms with Crippen molar-refractivity contribution < 1.29 is 13.2 Å². The number of anilines is 1. The number of aromatic nitrogens is 2. The summed E-state index contributed by atoms with van der Waals surface area (Å²) in [6, 6.07) is 14.9. The van der Waals surface area contributed by atoms with Gasteiger partial charge < -0.3 is 5.32 Å². The van der Waals surface area contributed by atoms with Crippen molar-refractivity contribution in [2.24, 2.45) is 0 Å². The molecule has 1 amide bonds. The number of benzene rings is 2. The van der Waals surface area contributed by atoms with Crippen LogP contribution >= 0.6 is 11.3 Å². The second-order valence-electron chi connectivity index (χ2n) is 7.23. The molecule has 0 atom stereocenters. The number of sulfone groups is 1. The van der Waals surface area contributed by atoms with Gasteiger partial charge >= 0.3 is 5.69 Å². The number of fused-ring (bicyclic) bond motifs is 1. The minimum Gasteiger partial charge on any atom is -0.325 e. The van der Waals surface area contributed by atoms with Gasteiger partial charge in [-0.3, -0.25) is 13.9 Å². The van der Waals surface area contributed by atoms with Gasteiger partial charge in [-0.15, -0.1) is 11.3 Å². The lowest BCUT2D eigenvalue weighted by atomic mass is 10.2. The van der Waals surface area contributed by atoms with Crippen LogP contribution in [0.15, 0.2) is 74.6 Å². The van der Waals surface area contributed by atoms with Gasteiger partial charge in [0, 0.05) is 18.0 Å². The fraction of sp³-hybridized carbons (Fsp3) is 0.217. The predicted octanol–water partition coefficient (Wildman–Crippen LogP) is 3.92. The minimum absolute atomic E-state index is 0.0359. The maximum atomic E-state index is 13.5. The van der Waals surface area contributed by atoms with Gasteiger partial charge in [0.1, 0.15) is 0 Å². The number of thiophene rings is 1. The molecule has 9 heteroatoms. The van der Waals surface area contributed by atoms with Gasteiger partial charge in [-0.1, -0.05) is 24.3 Å². The average molecular weight is 470 g/mol. The lowest BCUT2D eigenvalue weighted by Crippen LogP contribution is -2.23. The number of nitrogens with zero attached hydrogens (tertiary/aromatic N) is 2. The fourth-order valence-electron chi connectivity index (χ4n) is 3.77. The van der Waals surface area contributed by atoms with Crippen molar-refractivity contribution in [3.05, 3.63) is 75.3 Å². The highest BCUT2D eigenvalue weighted by Crippen LogP contribution is 2.32. The molecule has 32 heavy (non-hydrogen) atoms. The number of nitrogens with one attached hydrogen (secondary N) is 1. The van der Waals surface area contributed by atoms with Crippen LogP contribution in [0.1, 0.15) is 18.7 Å². The Morgan fingerprint density at radius 2 is 1.62 bits per heavy atom. The normalized spacial score (nSPS) is 11.7. The van der Waals surface area contributed by atoms with Crippen molar-refractivity contribution in [2.45, 2.75) is 43.1 Å². The number of carbonyl (C=O) groups is 1. The molecule has 0 bridgehead atoms. The first-order chi connectivity index (χ1) is 15.4. The molecular formula is C23H23N3O4S2. The van der Waals surface area contributed by atoms with Crippen LogP contribution in [-0.4, -0.2) is 23.5 Å². The van der Waals surface area contributed by atoms with Crippen LogP contribution in [0.5, 0.6) is 0 Å². The van der Waals surface area contributed by atoms with Crippen LogP contribution in [0, 0.1) is 0 Å².